The molecule has 8 nitrogen and oxygen atoms in total. The number of methoxy groups -OCH3 is 1. The summed E-state index contributed by atoms with van der Waals surface area (Å²) in [6.07, 6.45) is 4.28. The number of amides is 2. The van der Waals surface area contributed by atoms with Gasteiger partial charge in [-0.15, -0.1) is 11.3 Å². The summed E-state index contributed by atoms with van der Waals surface area (Å²) < 4.78 is 10.6. The fraction of sp³-hybridized carbons (Fsp3) is 0.409. The van der Waals surface area contributed by atoms with Gasteiger partial charge in [0.25, 0.3) is 5.91 Å². The van der Waals surface area contributed by atoms with E-state index in [1.807, 2.05) is 4.90 Å². The Kier molecular flexibility index (Phi) is 8.02. The molecule has 1 fully saturated rings. The average Bonchev–Trinajstić information content (AvgIpc) is 3.24. The van der Waals surface area contributed by atoms with Gasteiger partial charge in [-0.2, -0.15) is 0 Å². The number of piperazine rings is 1. The first kappa shape index (κ1) is 22.8. The highest BCUT2D eigenvalue weighted by Crippen LogP contribution is 2.28. The van der Waals surface area contributed by atoms with Crippen molar-refractivity contribution in [3.8, 4) is 11.5 Å². The molecule has 0 unspecified atom stereocenters. The van der Waals surface area contributed by atoms with Crippen LogP contribution in [0.2, 0.25) is 0 Å². The first-order valence-corrected chi connectivity index (χ1v) is 11.1. The van der Waals surface area contributed by atoms with Crippen molar-refractivity contribution in [3.05, 3.63) is 45.9 Å². The number of hydrogen-bond donors (Lipinski definition) is 1. The number of aromatic nitrogens is 1. The number of nitrogens with zero attached hydrogens (tertiary/aromatic N) is 3. The van der Waals surface area contributed by atoms with E-state index < -0.39 is 5.91 Å². The summed E-state index contributed by atoms with van der Waals surface area (Å²) in [5, 5.41) is 3.29. The van der Waals surface area contributed by atoms with Gasteiger partial charge in [0.1, 0.15) is 0 Å². The lowest BCUT2D eigenvalue weighted by Crippen LogP contribution is -2.47. The summed E-state index contributed by atoms with van der Waals surface area (Å²) >= 11 is 1.71. The molecule has 1 saturated heterocycles. The van der Waals surface area contributed by atoms with Gasteiger partial charge in [0, 0.05) is 44.2 Å². The molecule has 2 amide bonds. The number of carbonyl (C=O) groups is 2. The minimum absolute atomic E-state index is 0.0189. The largest absolute Gasteiger partial charge is 0.493 e. The fourth-order valence-corrected chi connectivity index (χ4v) is 4.00. The summed E-state index contributed by atoms with van der Waals surface area (Å²) in [4.78, 5) is 32.3. The van der Waals surface area contributed by atoms with Crippen LogP contribution in [0, 0.1) is 0 Å². The molecule has 31 heavy (non-hydrogen) atoms. The zero-order valence-corrected chi connectivity index (χ0v) is 18.7. The van der Waals surface area contributed by atoms with Gasteiger partial charge >= 0.3 is 0 Å². The topological polar surface area (TPSA) is 98.0 Å². The number of nitrogens with two attached hydrogens (primary N) is 1. The molecule has 0 aliphatic carbocycles. The summed E-state index contributed by atoms with van der Waals surface area (Å²) in [5.74, 6) is 0.313. The minimum Gasteiger partial charge on any atom is -0.493 e. The quantitative estimate of drug-likeness (QED) is 0.594. The number of thiazole rings is 1. The molecule has 9 heteroatoms. The van der Waals surface area contributed by atoms with Crippen molar-refractivity contribution in [3.63, 3.8) is 0 Å². The second-order valence-corrected chi connectivity index (χ2v) is 8.13. The van der Waals surface area contributed by atoms with E-state index >= 15 is 0 Å². The van der Waals surface area contributed by atoms with E-state index in [0.717, 1.165) is 42.3 Å². The fourth-order valence-electron chi connectivity index (χ4n) is 3.27. The molecule has 3 rings (SSSR count). The zero-order chi connectivity index (χ0) is 22.2. The summed E-state index contributed by atoms with van der Waals surface area (Å²) in [7, 11) is 1.51. The average molecular weight is 445 g/mol. The molecular formula is C22H28N4O4S. The van der Waals surface area contributed by atoms with E-state index in [-0.39, 0.29) is 12.5 Å². The van der Waals surface area contributed by atoms with Gasteiger partial charge in [0.05, 0.1) is 17.8 Å². The molecular weight excluding hydrogens is 416 g/mol. The lowest BCUT2D eigenvalue weighted by atomic mass is 10.2. The summed E-state index contributed by atoms with van der Waals surface area (Å²) in [6.45, 7) is 5.77. The maximum atomic E-state index is 12.6. The molecule has 2 N–H and O–H groups in total. The lowest BCUT2D eigenvalue weighted by Gasteiger charge is -2.33. The van der Waals surface area contributed by atoms with E-state index in [4.69, 9.17) is 15.2 Å². The predicted molar refractivity (Wildman–Crippen MR) is 120 cm³/mol. The molecule has 0 radical (unpaired) electrons. The molecule has 1 aromatic heterocycles. The van der Waals surface area contributed by atoms with E-state index in [2.05, 4.69) is 22.2 Å². The van der Waals surface area contributed by atoms with Crippen LogP contribution in [0.5, 0.6) is 11.5 Å². The van der Waals surface area contributed by atoms with Crippen molar-refractivity contribution >= 4 is 29.2 Å². The molecule has 0 bridgehead atoms. The van der Waals surface area contributed by atoms with Crippen LogP contribution in [0.15, 0.2) is 29.7 Å². The molecule has 2 heterocycles. The van der Waals surface area contributed by atoms with Crippen LogP contribution in [-0.4, -0.2) is 66.5 Å². The van der Waals surface area contributed by atoms with E-state index in [0.29, 0.717) is 24.6 Å². The number of benzene rings is 1. The zero-order valence-electron chi connectivity index (χ0n) is 17.9. The van der Waals surface area contributed by atoms with Gasteiger partial charge < -0.3 is 20.1 Å². The Morgan fingerprint density at radius 2 is 2.00 bits per heavy atom. The highest BCUT2D eigenvalue weighted by molar-refractivity contribution is 7.09. The van der Waals surface area contributed by atoms with Crippen molar-refractivity contribution in [2.24, 2.45) is 5.73 Å². The third-order valence-corrected chi connectivity index (χ3v) is 5.99. The minimum atomic E-state index is -0.561. The maximum Gasteiger partial charge on any atom is 0.255 e. The van der Waals surface area contributed by atoms with Crippen LogP contribution in [0.1, 0.15) is 23.2 Å². The van der Waals surface area contributed by atoms with Gasteiger partial charge in [-0.3, -0.25) is 14.5 Å². The normalized spacial score (nSPS) is 14.7. The van der Waals surface area contributed by atoms with Crippen molar-refractivity contribution < 1.29 is 19.1 Å². The van der Waals surface area contributed by atoms with Crippen LogP contribution in [0.4, 0.5) is 0 Å². The van der Waals surface area contributed by atoms with Gasteiger partial charge in [0.15, 0.2) is 18.1 Å². The molecule has 0 spiro atoms. The highest BCUT2D eigenvalue weighted by atomic mass is 32.1. The monoisotopic (exact) mass is 444 g/mol. The van der Waals surface area contributed by atoms with Gasteiger partial charge in [-0.25, -0.2) is 4.98 Å². The number of hydrogen-bond acceptors (Lipinski definition) is 7. The Labute approximate surface area is 186 Å². The number of rotatable bonds is 9. The summed E-state index contributed by atoms with van der Waals surface area (Å²) in [5.41, 5.74) is 7.01. The Bertz CT molecular complexity index is 935. The van der Waals surface area contributed by atoms with Crippen molar-refractivity contribution in [2.75, 3.05) is 39.9 Å². The van der Waals surface area contributed by atoms with Crippen LogP contribution < -0.4 is 15.2 Å². The first-order valence-electron chi connectivity index (χ1n) is 10.2. The van der Waals surface area contributed by atoms with Gasteiger partial charge in [-0.05, 0) is 30.2 Å². The summed E-state index contributed by atoms with van der Waals surface area (Å²) in [6, 6.07) is 5.22. The SMILES string of the molecule is CCc1nc(CN2CCN(C(=O)/C=C/c3ccc(OCC(N)=O)c(OC)c3)CC2)cs1. The van der Waals surface area contributed by atoms with E-state index in [1.54, 1.807) is 41.7 Å². The van der Waals surface area contributed by atoms with E-state index in [1.165, 1.54) is 7.11 Å². The standard InChI is InChI=1S/C22H28N4O4S/c1-3-21-24-17(15-31-21)13-25-8-10-26(11-9-25)22(28)7-5-16-4-6-18(19(12-16)29-2)30-14-20(23)27/h4-7,12,15H,3,8-11,13-14H2,1-2H3,(H2,23,27)/b7-5+. The van der Waals surface area contributed by atoms with Gasteiger partial charge in [0.2, 0.25) is 5.91 Å². The highest BCUT2D eigenvalue weighted by Gasteiger charge is 2.20. The predicted octanol–water partition coefficient (Wildman–Crippen LogP) is 1.94. The van der Waals surface area contributed by atoms with Crippen molar-refractivity contribution in [1.82, 2.24) is 14.8 Å². The molecule has 1 aliphatic rings. The number of ether oxygens (including phenoxy) is 2. The van der Waals surface area contributed by atoms with Crippen LogP contribution in [0.25, 0.3) is 6.08 Å². The Morgan fingerprint density at radius 1 is 1.23 bits per heavy atom. The van der Waals surface area contributed by atoms with Crippen molar-refractivity contribution in [1.29, 1.82) is 0 Å². The second kappa shape index (κ2) is 10.9. The number of carbonyl (C=O) groups excluding carboxylic acids is 2. The second-order valence-electron chi connectivity index (χ2n) is 7.19. The van der Waals surface area contributed by atoms with Crippen LogP contribution in [0.3, 0.4) is 0 Å². The Hall–Kier alpha value is -2.91. The molecule has 0 atom stereocenters. The van der Waals surface area contributed by atoms with Crippen molar-refractivity contribution in [2.45, 2.75) is 19.9 Å². The third-order valence-electron chi connectivity index (χ3n) is 4.95. The number of aryl methyl sites for hydroxylation is 1. The third kappa shape index (κ3) is 6.53. The Balaban J connectivity index is 1.51. The number of primary amides is 1. The first-order chi connectivity index (χ1) is 15.0. The molecule has 2 aromatic rings. The lowest BCUT2D eigenvalue weighted by molar-refractivity contribution is -0.127. The molecule has 1 aromatic carbocycles. The van der Waals surface area contributed by atoms with Crippen LogP contribution in [-0.2, 0) is 22.6 Å². The molecule has 166 valence electrons. The van der Waals surface area contributed by atoms with Gasteiger partial charge in [-0.1, -0.05) is 13.0 Å². The maximum absolute atomic E-state index is 12.6. The molecule has 0 saturated carbocycles. The Morgan fingerprint density at radius 3 is 2.65 bits per heavy atom. The van der Waals surface area contributed by atoms with Crippen LogP contribution >= 0.6 is 11.3 Å². The van der Waals surface area contributed by atoms with E-state index in [9.17, 15) is 9.59 Å². The molecule has 1 aliphatic heterocycles. The smallest absolute Gasteiger partial charge is 0.255 e.